The number of benzene rings is 1. The summed E-state index contributed by atoms with van der Waals surface area (Å²) in [4.78, 5) is 16.0. The van der Waals surface area contributed by atoms with Crippen LogP contribution in [-0.4, -0.2) is 22.6 Å². The Bertz CT molecular complexity index is 663. The van der Waals surface area contributed by atoms with Gasteiger partial charge in [0.2, 0.25) is 0 Å². The first-order valence-corrected chi connectivity index (χ1v) is 6.94. The van der Waals surface area contributed by atoms with Gasteiger partial charge in [-0.1, -0.05) is 24.6 Å². The van der Waals surface area contributed by atoms with Gasteiger partial charge in [0.15, 0.2) is 0 Å². The molecule has 4 heteroatoms. The number of anilines is 1. The molecule has 3 rings (SSSR count). The van der Waals surface area contributed by atoms with Crippen LogP contribution < -0.4 is 5.32 Å². The number of nitrogens with one attached hydrogen (secondary N) is 1. The molecular formula is C16H18N2O2. The van der Waals surface area contributed by atoms with Crippen LogP contribution in [0.25, 0.3) is 10.9 Å². The van der Waals surface area contributed by atoms with Crippen LogP contribution in [-0.2, 0) is 4.79 Å². The summed E-state index contributed by atoms with van der Waals surface area (Å²) < 4.78 is 0. The zero-order valence-corrected chi connectivity index (χ0v) is 11.5. The minimum Gasteiger partial charge on any atom is -0.481 e. The molecule has 0 saturated heterocycles. The number of nitrogens with zero attached hydrogens (tertiary/aromatic N) is 1. The summed E-state index contributed by atoms with van der Waals surface area (Å²) in [6, 6.07) is 10.0. The van der Waals surface area contributed by atoms with E-state index in [1.807, 2.05) is 31.2 Å². The molecule has 0 bridgehead atoms. The lowest BCUT2D eigenvalue weighted by Gasteiger charge is -2.37. The first-order chi connectivity index (χ1) is 9.61. The third-order valence-electron chi connectivity index (χ3n) is 4.27. The molecule has 1 aliphatic carbocycles. The third-order valence-corrected chi connectivity index (χ3v) is 4.27. The van der Waals surface area contributed by atoms with Crippen LogP contribution in [0.15, 0.2) is 30.3 Å². The minimum absolute atomic E-state index is 0.453. The van der Waals surface area contributed by atoms with Gasteiger partial charge >= 0.3 is 5.97 Å². The van der Waals surface area contributed by atoms with E-state index in [0.717, 1.165) is 41.5 Å². The van der Waals surface area contributed by atoms with Crippen LogP contribution >= 0.6 is 0 Å². The van der Waals surface area contributed by atoms with Crippen LogP contribution in [0.2, 0.25) is 0 Å². The Morgan fingerprint density at radius 2 is 2.15 bits per heavy atom. The molecule has 4 nitrogen and oxygen atoms in total. The zero-order valence-electron chi connectivity index (χ0n) is 11.5. The number of carboxylic acid groups (broad SMARTS) is 1. The summed E-state index contributed by atoms with van der Waals surface area (Å²) in [6.07, 6.45) is 2.50. The van der Waals surface area contributed by atoms with Gasteiger partial charge in [0.05, 0.1) is 10.9 Å². The molecule has 2 N–H and O–H groups in total. The van der Waals surface area contributed by atoms with Gasteiger partial charge < -0.3 is 10.4 Å². The normalized spacial score (nSPS) is 16.6. The van der Waals surface area contributed by atoms with Crippen molar-refractivity contribution in [3.05, 3.63) is 35.9 Å². The molecular weight excluding hydrogens is 252 g/mol. The molecule has 104 valence electrons. The van der Waals surface area contributed by atoms with E-state index in [9.17, 15) is 9.90 Å². The highest BCUT2D eigenvalue weighted by Crippen LogP contribution is 2.41. The van der Waals surface area contributed by atoms with Gasteiger partial charge in [-0.15, -0.1) is 0 Å². The summed E-state index contributed by atoms with van der Waals surface area (Å²) in [5.41, 5.74) is 1.38. The lowest BCUT2D eigenvalue weighted by molar-refractivity contribution is -0.153. The molecule has 1 aromatic heterocycles. The molecule has 2 aromatic rings. The van der Waals surface area contributed by atoms with Crippen molar-refractivity contribution in [2.75, 3.05) is 11.9 Å². The topological polar surface area (TPSA) is 62.2 Å². The fraction of sp³-hybridized carbons (Fsp3) is 0.375. The van der Waals surface area contributed by atoms with Crippen molar-refractivity contribution in [3.8, 4) is 0 Å². The standard InChI is InChI=1S/C16H18N2O2/c1-11-9-12-5-2-3-6-13(12)18-14(11)17-10-16(15(19)20)7-4-8-16/h2-3,5-6,9H,4,7-8,10H2,1H3,(H,17,18)(H,19,20). The molecule has 1 saturated carbocycles. The summed E-state index contributed by atoms with van der Waals surface area (Å²) in [7, 11) is 0. The summed E-state index contributed by atoms with van der Waals surface area (Å²) in [6.45, 7) is 2.45. The lowest BCUT2D eigenvalue weighted by atomic mass is 9.69. The van der Waals surface area contributed by atoms with Gasteiger partial charge in [0.25, 0.3) is 0 Å². The SMILES string of the molecule is Cc1cc2ccccc2nc1NCC1(C(=O)O)CCC1. The van der Waals surface area contributed by atoms with Crippen molar-refractivity contribution in [2.24, 2.45) is 5.41 Å². The van der Waals surface area contributed by atoms with Crippen molar-refractivity contribution in [3.63, 3.8) is 0 Å². The summed E-state index contributed by atoms with van der Waals surface area (Å²) in [5, 5.41) is 13.7. The van der Waals surface area contributed by atoms with Crippen LogP contribution in [0.1, 0.15) is 24.8 Å². The van der Waals surface area contributed by atoms with Gasteiger partial charge in [-0.2, -0.15) is 0 Å². The number of fused-ring (bicyclic) bond motifs is 1. The Hall–Kier alpha value is -2.10. The second-order valence-corrected chi connectivity index (χ2v) is 5.64. The van der Waals surface area contributed by atoms with Crippen molar-refractivity contribution in [1.29, 1.82) is 0 Å². The molecule has 0 unspecified atom stereocenters. The van der Waals surface area contributed by atoms with E-state index in [2.05, 4.69) is 16.4 Å². The average molecular weight is 270 g/mol. The minimum atomic E-state index is -0.699. The highest BCUT2D eigenvalue weighted by atomic mass is 16.4. The number of carboxylic acids is 1. The number of hydrogen-bond donors (Lipinski definition) is 2. The van der Waals surface area contributed by atoms with E-state index in [0.29, 0.717) is 6.54 Å². The van der Waals surface area contributed by atoms with Crippen LogP contribution in [0.5, 0.6) is 0 Å². The third kappa shape index (κ3) is 2.11. The summed E-state index contributed by atoms with van der Waals surface area (Å²) >= 11 is 0. The molecule has 1 heterocycles. The molecule has 0 amide bonds. The number of pyridine rings is 1. The van der Waals surface area contributed by atoms with Crippen LogP contribution in [0, 0.1) is 12.3 Å². The summed E-state index contributed by atoms with van der Waals surface area (Å²) in [5.74, 6) is 0.0888. The number of carbonyl (C=O) groups is 1. The Kier molecular flexibility index (Phi) is 3.08. The number of aromatic nitrogens is 1. The quantitative estimate of drug-likeness (QED) is 0.895. The number of para-hydroxylation sites is 1. The number of hydrogen-bond acceptors (Lipinski definition) is 3. The second kappa shape index (κ2) is 4.78. The Morgan fingerprint density at radius 1 is 1.40 bits per heavy atom. The Morgan fingerprint density at radius 3 is 2.80 bits per heavy atom. The fourth-order valence-electron chi connectivity index (χ4n) is 2.72. The van der Waals surface area contributed by atoms with E-state index < -0.39 is 11.4 Å². The van der Waals surface area contributed by atoms with Gasteiger partial charge in [0.1, 0.15) is 5.82 Å². The van der Waals surface area contributed by atoms with E-state index in [1.165, 1.54) is 0 Å². The highest BCUT2D eigenvalue weighted by Gasteiger charge is 2.44. The molecule has 0 atom stereocenters. The Labute approximate surface area is 117 Å². The molecule has 0 spiro atoms. The van der Waals surface area contributed by atoms with E-state index >= 15 is 0 Å². The van der Waals surface area contributed by atoms with Gasteiger partial charge in [0, 0.05) is 11.9 Å². The van der Waals surface area contributed by atoms with Crippen LogP contribution in [0.4, 0.5) is 5.82 Å². The Balaban J connectivity index is 1.84. The molecule has 0 radical (unpaired) electrons. The zero-order chi connectivity index (χ0) is 14.2. The number of aliphatic carboxylic acids is 1. The average Bonchev–Trinajstić information content (AvgIpc) is 2.37. The predicted octanol–water partition coefficient (Wildman–Crippen LogP) is 3.21. The second-order valence-electron chi connectivity index (χ2n) is 5.64. The maximum atomic E-state index is 11.4. The van der Waals surface area contributed by atoms with Gasteiger partial charge in [-0.05, 0) is 37.5 Å². The number of rotatable bonds is 4. The maximum Gasteiger partial charge on any atom is 0.311 e. The maximum absolute atomic E-state index is 11.4. The first kappa shape index (κ1) is 12.9. The van der Waals surface area contributed by atoms with Crippen molar-refractivity contribution < 1.29 is 9.90 Å². The molecule has 1 aromatic carbocycles. The molecule has 0 aliphatic heterocycles. The smallest absolute Gasteiger partial charge is 0.311 e. The van der Waals surface area contributed by atoms with Crippen molar-refractivity contribution >= 4 is 22.7 Å². The first-order valence-electron chi connectivity index (χ1n) is 6.94. The predicted molar refractivity (Wildman–Crippen MR) is 78.9 cm³/mol. The van der Waals surface area contributed by atoms with Crippen molar-refractivity contribution in [2.45, 2.75) is 26.2 Å². The monoisotopic (exact) mass is 270 g/mol. The van der Waals surface area contributed by atoms with Gasteiger partial charge in [-0.3, -0.25) is 4.79 Å². The van der Waals surface area contributed by atoms with Gasteiger partial charge in [-0.25, -0.2) is 4.98 Å². The van der Waals surface area contributed by atoms with Crippen molar-refractivity contribution in [1.82, 2.24) is 4.98 Å². The molecule has 1 aliphatic rings. The van der Waals surface area contributed by atoms with E-state index in [4.69, 9.17) is 0 Å². The van der Waals surface area contributed by atoms with Crippen LogP contribution in [0.3, 0.4) is 0 Å². The fourth-order valence-corrected chi connectivity index (χ4v) is 2.72. The molecule has 20 heavy (non-hydrogen) atoms. The largest absolute Gasteiger partial charge is 0.481 e. The highest BCUT2D eigenvalue weighted by molar-refractivity contribution is 5.82. The molecule has 1 fully saturated rings. The lowest BCUT2D eigenvalue weighted by Crippen LogP contribution is -2.43. The number of aryl methyl sites for hydroxylation is 1. The van der Waals surface area contributed by atoms with E-state index in [-0.39, 0.29) is 0 Å². The van der Waals surface area contributed by atoms with E-state index in [1.54, 1.807) is 0 Å².